The lowest BCUT2D eigenvalue weighted by Gasteiger charge is -2.08. The predicted octanol–water partition coefficient (Wildman–Crippen LogP) is 2.86. The maximum absolute atomic E-state index is 10.7. The van der Waals surface area contributed by atoms with Gasteiger partial charge in [0.1, 0.15) is 6.61 Å². The van der Waals surface area contributed by atoms with Gasteiger partial charge in [-0.15, -0.1) is 0 Å². The van der Waals surface area contributed by atoms with Gasteiger partial charge >= 0.3 is 5.97 Å². The molecule has 0 saturated carbocycles. The summed E-state index contributed by atoms with van der Waals surface area (Å²) in [6, 6.07) is 0. The molecule has 0 aliphatic carbocycles. The Kier molecular flexibility index (Phi) is 5.23. The first kappa shape index (κ1) is 11.3. The van der Waals surface area contributed by atoms with Crippen LogP contribution in [0.2, 0.25) is 0 Å². The van der Waals surface area contributed by atoms with Crippen LogP contribution >= 0.6 is 34.8 Å². The second kappa shape index (κ2) is 5.07. The molecule has 5 heteroatoms. The predicted molar refractivity (Wildman–Crippen MR) is 45.6 cm³/mol. The fourth-order valence-electron chi connectivity index (χ4n) is 0.319. The minimum atomic E-state index is -1.97. The van der Waals surface area contributed by atoms with Crippen LogP contribution in [0.5, 0.6) is 0 Å². The average molecular weight is 218 g/mol. The number of alkyl halides is 3. The molecule has 0 N–H and O–H groups in total. The second-order valence-corrected chi connectivity index (χ2v) is 4.14. The summed E-state index contributed by atoms with van der Waals surface area (Å²) >= 11 is 15.6. The molecular formula is C6H8Cl3O2. The van der Waals surface area contributed by atoms with Crippen LogP contribution in [0.3, 0.4) is 0 Å². The monoisotopic (exact) mass is 217 g/mol. The highest BCUT2D eigenvalue weighted by Crippen LogP contribution is 2.27. The van der Waals surface area contributed by atoms with Crippen molar-refractivity contribution in [2.24, 2.45) is 0 Å². The smallest absolute Gasteiger partial charge is 0.358 e. The summed E-state index contributed by atoms with van der Waals surface area (Å²) in [7, 11) is 0. The summed E-state index contributed by atoms with van der Waals surface area (Å²) in [5, 5.41) is 0. The van der Waals surface area contributed by atoms with Crippen LogP contribution in [0.15, 0.2) is 0 Å². The molecule has 11 heavy (non-hydrogen) atoms. The minimum Gasteiger partial charge on any atom is -0.455 e. The van der Waals surface area contributed by atoms with Crippen LogP contribution in [0.1, 0.15) is 19.8 Å². The number of hydrogen-bond acceptors (Lipinski definition) is 2. The Morgan fingerprint density at radius 2 is 2.09 bits per heavy atom. The lowest BCUT2D eigenvalue weighted by Crippen LogP contribution is -2.20. The third kappa shape index (κ3) is 5.59. The van der Waals surface area contributed by atoms with Gasteiger partial charge in [-0.25, -0.2) is 4.79 Å². The Morgan fingerprint density at radius 1 is 1.55 bits per heavy atom. The fraction of sp³-hybridized carbons (Fsp3) is 0.667. The number of carbonyl (C=O) groups is 1. The molecule has 0 unspecified atom stereocenters. The number of carbonyl (C=O) groups excluding carboxylic acids is 1. The maximum atomic E-state index is 10.7. The molecule has 2 nitrogen and oxygen atoms in total. The van der Waals surface area contributed by atoms with Crippen molar-refractivity contribution in [1.82, 2.24) is 0 Å². The summed E-state index contributed by atoms with van der Waals surface area (Å²) in [6.45, 7) is 3.27. The number of rotatable bonds is 3. The Labute approximate surface area is 80.7 Å². The largest absolute Gasteiger partial charge is 0.455 e. The first-order valence-electron chi connectivity index (χ1n) is 3.08. The molecule has 0 bridgehead atoms. The van der Waals surface area contributed by atoms with Gasteiger partial charge in [0.2, 0.25) is 0 Å². The van der Waals surface area contributed by atoms with Gasteiger partial charge in [-0.3, -0.25) is 0 Å². The molecule has 0 aromatic carbocycles. The molecule has 0 heterocycles. The van der Waals surface area contributed by atoms with E-state index in [0.29, 0.717) is 6.42 Å². The molecule has 0 amide bonds. The van der Waals surface area contributed by atoms with E-state index in [0.717, 1.165) is 6.42 Å². The molecule has 0 fully saturated rings. The number of halogens is 3. The molecule has 0 atom stereocenters. The molecule has 0 aromatic heterocycles. The molecule has 0 aromatic rings. The number of hydrogen-bond donors (Lipinski definition) is 0. The van der Waals surface area contributed by atoms with Gasteiger partial charge in [-0.05, 0) is 6.42 Å². The summed E-state index contributed by atoms with van der Waals surface area (Å²) in [4.78, 5) is 10.7. The number of esters is 1. The van der Waals surface area contributed by atoms with E-state index in [2.05, 4.69) is 4.74 Å². The van der Waals surface area contributed by atoms with E-state index in [-0.39, 0.29) is 0 Å². The van der Waals surface area contributed by atoms with E-state index < -0.39 is 9.76 Å². The first-order chi connectivity index (χ1) is 4.98. The quantitative estimate of drug-likeness (QED) is 0.414. The van der Waals surface area contributed by atoms with Gasteiger partial charge in [-0.2, -0.15) is 0 Å². The highest BCUT2D eigenvalue weighted by atomic mass is 35.6. The average Bonchev–Trinajstić information content (AvgIpc) is 1.86. The van der Waals surface area contributed by atoms with Gasteiger partial charge in [0.15, 0.2) is 0 Å². The van der Waals surface area contributed by atoms with E-state index in [9.17, 15) is 4.79 Å². The van der Waals surface area contributed by atoms with Crippen LogP contribution in [0, 0.1) is 6.61 Å². The molecule has 65 valence electrons. The van der Waals surface area contributed by atoms with Gasteiger partial charge in [0.25, 0.3) is 3.79 Å². The minimum absolute atomic E-state index is 0.659. The summed E-state index contributed by atoms with van der Waals surface area (Å²) in [6.07, 6.45) is 1.54. The van der Waals surface area contributed by atoms with Gasteiger partial charge in [-0.1, -0.05) is 48.1 Å². The standard InChI is InChI=1S/C6H8Cl3O2/c1-2-3-4-11-5(10)6(7,8)9/h4H,2-3H2,1H3. The fourth-order valence-corrected chi connectivity index (χ4v) is 0.453. The van der Waals surface area contributed by atoms with Gasteiger partial charge in [0, 0.05) is 0 Å². The molecule has 1 radical (unpaired) electrons. The molecule has 0 spiro atoms. The SMILES string of the molecule is CCC[CH]OC(=O)C(Cl)(Cl)Cl. The maximum Gasteiger partial charge on any atom is 0.358 e. The lowest BCUT2D eigenvalue weighted by molar-refractivity contribution is -0.139. The lowest BCUT2D eigenvalue weighted by atomic mass is 10.4. The van der Waals surface area contributed by atoms with E-state index in [1.165, 1.54) is 6.61 Å². The third-order valence-electron chi connectivity index (χ3n) is 0.828. The van der Waals surface area contributed by atoms with Crippen molar-refractivity contribution in [3.05, 3.63) is 6.61 Å². The van der Waals surface area contributed by atoms with Crippen LogP contribution < -0.4 is 0 Å². The van der Waals surface area contributed by atoms with Crippen LogP contribution in [-0.2, 0) is 9.53 Å². The van der Waals surface area contributed by atoms with Crippen LogP contribution in [0.25, 0.3) is 0 Å². The van der Waals surface area contributed by atoms with E-state index in [4.69, 9.17) is 34.8 Å². The van der Waals surface area contributed by atoms with Crippen molar-refractivity contribution < 1.29 is 9.53 Å². The molecular weight excluding hydrogens is 210 g/mol. The number of unbranched alkanes of at least 4 members (excludes halogenated alkanes) is 1. The summed E-state index contributed by atoms with van der Waals surface area (Å²) in [5.41, 5.74) is 0. The normalized spacial score (nSPS) is 11.3. The van der Waals surface area contributed by atoms with E-state index in [1.807, 2.05) is 6.92 Å². The number of ether oxygens (including phenoxy) is 1. The molecule has 0 rings (SSSR count). The van der Waals surface area contributed by atoms with E-state index >= 15 is 0 Å². The Hall–Kier alpha value is 0.340. The Morgan fingerprint density at radius 3 is 2.45 bits per heavy atom. The summed E-state index contributed by atoms with van der Waals surface area (Å²) < 4.78 is 2.52. The van der Waals surface area contributed by atoms with Gasteiger partial charge < -0.3 is 4.74 Å². The van der Waals surface area contributed by atoms with Crippen LogP contribution in [0.4, 0.5) is 0 Å². The van der Waals surface area contributed by atoms with Gasteiger partial charge in [0.05, 0.1) is 0 Å². The van der Waals surface area contributed by atoms with Crippen molar-refractivity contribution in [2.45, 2.75) is 23.6 Å². The van der Waals surface area contributed by atoms with Crippen LogP contribution in [-0.4, -0.2) is 9.76 Å². The topological polar surface area (TPSA) is 26.3 Å². The van der Waals surface area contributed by atoms with Crippen molar-refractivity contribution in [1.29, 1.82) is 0 Å². The zero-order valence-corrected chi connectivity index (χ0v) is 8.21. The van der Waals surface area contributed by atoms with Crippen molar-refractivity contribution in [2.75, 3.05) is 0 Å². The Bertz CT molecular complexity index is 130. The molecule has 0 saturated heterocycles. The zero-order chi connectivity index (χ0) is 8.91. The first-order valence-corrected chi connectivity index (χ1v) is 4.21. The highest BCUT2D eigenvalue weighted by Gasteiger charge is 2.32. The second-order valence-electron chi connectivity index (χ2n) is 1.86. The van der Waals surface area contributed by atoms with Crippen molar-refractivity contribution in [3.8, 4) is 0 Å². The molecule has 0 aliphatic heterocycles. The van der Waals surface area contributed by atoms with Crippen molar-refractivity contribution >= 4 is 40.8 Å². The highest BCUT2D eigenvalue weighted by molar-refractivity contribution is 6.75. The Balaban J connectivity index is 3.54. The van der Waals surface area contributed by atoms with E-state index in [1.54, 1.807) is 0 Å². The van der Waals surface area contributed by atoms with Crippen molar-refractivity contribution in [3.63, 3.8) is 0 Å². The third-order valence-corrected chi connectivity index (χ3v) is 1.29. The zero-order valence-electron chi connectivity index (χ0n) is 5.94. The molecule has 0 aliphatic rings. The summed E-state index contributed by atoms with van der Waals surface area (Å²) in [5.74, 6) is -0.865.